The zero-order chi connectivity index (χ0) is 9.47. The van der Waals surface area contributed by atoms with Gasteiger partial charge in [0.15, 0.2) is 0 Å². The van der Waals surface area contributed by atoms with Gasteiger partial charge in [-0.1, -0.05) is 19.9 Å². The first-order valence-corrected chi connectivity index (χ1v) is 5.50. The summed E-state index contributed by atoms with van der Waals surface area (Å²) in [5, 5.41) is 0. The molecule has 0 aromatic rings. The van der Waals surface area contributed by atoms with Gasteiger partial charge in [-0.25, -0.2) is 0 Å². The predicted octanol–water partition coefficient (Wildman–Crippen LogP) is 2.68. The molecule has 2 fully saturated rings. The Kier molecular flexibility index (Phi) is 2.23. The molecular weight excluding hydrogens is 158 g/mol. The highest BCUT2D eigenvalue weighted by Crippen LogP contribution is 2.51. The number of hydrogen-bond donors (Lipinski definition) is 0. The van der Waals surface area contributed by atoms with Crippen LogP contribution in [0.1, 0.15) is 33.1 Å². The molecule has 0 aromatic heterocycles. The van der Waals surface area contributed by atoms with Crippen molar-refractivity contribution < 1.29 is 0 Å². The van der Waals surface area contributed by atoms with E-state index in [1.165, 1.54) is 25.8 Å². The fourth-order valence-corrected chi connectivity index (χ4v) is 3.50. The van der Waals surface area contributed by atoms with E-state index in [0.717, 1.165) is 18.5 Å². The summed E-state index contributed by atoms with van der Waals surface area (Å²) in [6.07, 6.45) is 6.34. The van der Waals surface area contributed by atoms with Gasteiger partial charge in [-0.3, -0.25) is 4.90 Å². The molecule has 74 valence electrons. The van der Waals surface area contributed by atoms with Gasteiger partial charge in [0.2, 0.25) is 0 Å². The van der Waals surface area contributed by atoms with Gasteiger partial charge >= 0.3 is 0 Å². The number of likely N-dealkylation sites (tertiary alicyclic amines) is 1. The molecule has 1 aliphatic carbocycles. The smallest absolute Gasteiger partial charge is 0.0178 e. The molecule has 1 heteroatoms. The lowest BCUT2D eigenvalue weighted by atomic mass is 9.56. The lowest BCUT2D eigenvalue weighted by Gasteiger charge is -2.59. The zero-order valence-electron chi connectivity index (χ0n) is 8.92. The fraction of sp³-hybridized carbons (Fsp3) is 0.833. The van der Waals surface area contributed by atoms with Crippen LogP contribution < -0.4 is 0 Å². The van der Waals surface area contributed by atoms with Gasteiger partial charge in [-0.2, -0.15) is 0 Å². The maximum absolute atomic E-state index is 3.84. The molecule has 1 heterocycles. The van der Waals surface area contributed by atoms with Crippen LogP contribution in [-0.4, -0.2) is 24.0 Å². The van der Waals surface area contributed by atoms with E-state index in [-0.39, 0.29) is 0 Å². The standard InChI is InChI=1S/C12H21N/c1-4-7-13-8-5-6-10-9-12(2,3)11(10)13/h4,10-11H,1,5-9H2,2-3H3/t10-,11-/m0/s1. The molecule has 0 bridgehead atoms. The van der Waals surface area contributed by atoms with Crippen molar-refractivity contribution in [1.29, 1.82) is 0 Å². The van der Waals surface area contributed by atoms with Crippen molar-refractivity contribution >= 4 is 0 Å². The van der Waals surface area contributed by atoms with Gasteiger partial charge in [0.25, 0.3) is 0 Å². The average Bonchev–Trinajstić information content (AvgIpc) is 2.02. The van der Waals surface area contributed by atoms with Crippen molar-refractivity contribution in [3.8, 4) is 0 Å². The van der Waals surface area contributed by atoms with E-state index in [4.69, 9.17) is 0 Å². The molecular formula is C12H21N. The average molecular weight is 179 g/mol. The Morgan fingerprint density at radius 3 is 2.92 bits per heavy atom. The Bertz CT molecular complexity index is 207. The van der Waals surface area contributed by atoms with Crippen LogP contribution in [0.2, 0.25) is 0 Å². The molecule has 2 rings (SSSR count). The van der Waals surface area contributed by atoms with Crippen molar-refractivity contribution in [1.82, 2.24) is 4.90 Å². The Hall–Kier alpha value is -0.300. The third-order valence-corrected chi connectivity index (χ3v) is 3.81. The summed E-state index contributed by atoms with van der Waals surface area (Å²) < 4.78 is 0. The minimum absolute atomic E-state index is 0.564. The number of piperidine rings is 1. The highest BCUT2D eigenvalue weighted by molar-refractivity contribution is 5.05. The molecule has 0 unspecified atom stereocenters. The van der Waals surface area contributed by atoms with E-state index >= 15 is 0 Å². The van der Waals surface area contributed by atoms with Gasteiger partial charge in [-0.05, 0) is 37.1 Å². The summed E-state index contributed by atoms with van der Waals surface area (Å²) >= 11 is 0. The lowest BCUT2D eigenvalue weighted by molar-refractivity contribution is -0.0827. The first kappa shape index (κ1) is 9.26. The van der Waals surface area contributed by atoms with E-state index in [0.29, 0.717) is 5.41 Å². The summed E-state index contributed by atoms with van der Waals surface area (Å²) in [7, 11) is 0. The first-order chi connectivity index (χ1) is 6.15. The largest absolute Gasteiger partial charge is 0.296 e. The van der Waals surface area contributed by atoms with E-state index in [9.17, 15) is 0 Å². The highest BCUT2D eigenvalue weighted by Gasteiger charge is 2.50. The van der Waals surface area contributed by atoms with Crippen LogP contribution in [0.25, 0.3) is 0 Å². The Balaban J connectivity index is 2.06. The quantitative estimate of drug-likeness (QED) is 0.589. The predicted molar refractivity (Wildman–Crippen MR) is 56.7 cm³/mol. The molecule has 2 aliphatic rings. The Morgan fingerprint density at radius 2 is 2.31 bits per heavy atom. The topological polar surface area (TPSA) is 3.24 Å². The third kappa shape index (κ3) is 1.43. The summed E-state index contributed by atoms with van der Waals surface area (Å²) in [6, 6.07) is 0.847. The summed E-state index contributed by atoms with van der Waals surface area (Å²) in [5.74, 6) is 0.990. The number of hydrogen-bond acceptors (Lipinski definition) is 1. The number of rotatable bonds is 2. The molecule has 0 radical (unpaired) electrons. The van der Waals surface area contributed by atoms with E-state index in [1.807, 2.05) is 0 Å². The summed E-state index contributed by atoms with van der Waals surface area (Å²) in [4.78, 5) is 2.63. The highest BCUT2D eigenvalue weighted by atomic mass is 15.2. The zero-order valence-corrected chi connectivity index (χ0v) is 8.92. The monoisotopic (exact) mass is 179 g/mol. The SMILES string of the molecule is C=CCN1CCC[C@H]2CC(C)(C)[C@H]21. The van der Waals surface area contributed by atoms with Crippen molar-refractivity contribution in [3.05, 3.63) is 12.7 Å². The number of nitrogens with zero attached hydrogens (tertiary/aromatic N) is 1. The van der Waals surface area contributed by atoms with Gasteiger partial charge in [0.05, 0.1) is 0 Å². The minimum Gasteiger partial charge on any atom is -0.296 e. The third-order valence-electron chi connectivity index (χ3n) is 3.81. The maximum atomic E-state index is 3.84. The molecule has 13 heavy (non-hydrogen) atoms. The Morgan fingerprint density at radius 1 is 1.54 bits per heavy atom. The normalized spacial score (nSPS) is 37.7. The summed E-state index contributed by atoms with van der Waals surface area (Å²) in [6.45, 7) is 11.0. The van der Waals surface area contributed by atoms with Crippen molar-refractivity contribution in [2.24, 2.45) is 11.3 Å². The van der Waals surface area contributed by atoms with Crippen molar-refractivity contribution in [3.63, 3.8) is 0 Å². The molecule has 1 saturated carbocycles. The first-order valence-electron chi connectivity index (χ1n) is 5.50. The molecule has 2 atom stereocenters. The van der Waals surface area contributed by atoms with Gasteiger partial charge in [0, 0.05) is 12.6 Å². The van der Waals surface area contributed by atoms with Crippen LogP contribution >= 0.6 is 0 Å². The molecule has 0 aromatic carbocycles. The summed E-state index contributed by atoms with van der Waals surface area (Å²) in [5.41, 5.74) is 0.564. The van der Waals surface area contributed by atoms with Crippen molar-refractivity contribution in [2.75, 3.05) is 13.1 Å². The Labute approximate surface area is 81.8 Å². The molecule has 1 aliphatic heterocycles. The second kappa shape index (κ2) is 3.13. The van der Waals surface area contributed by atoms with Crippen LogP contribution in [0.5, 0.6) is 0 Å². The van der Waals surface area contributed by atoms with Crippen LogP contribution in [-0.2, 0) is 0 Å². The van der Waals surface area contributed by atoms with E-state index in [1.54, 1.807) is 0 Å². The second-order valence-corrected chi connectivity index (χ2v) is 5.32. The molecule has 1 saturated heterocycles. The number of fused-ring (bicyclic) bond motifs is 1. The van der Waals surface area contributed by atoms with Gasteiger partial charge in [-0.15, -0.1) is 6.58 Å². The van der Waals surface area contributed by atoms with E-state index < -0.39 is 0 Å². The van der Waals surface area contributed by atoms with E-state index in [2.05, 4.69) is 31.4 Å². The minimum atomic E-state index is 0.564. The second-order valence-electron chi connectivity index (χ2n) is 5.32. The lowest BCUT2D eigenvalue weighted by Crippen LogP contribution is -2.61. The molecule has 0 spiro atoms. The van der Waals surface area contributed by atoms with Gasteiger partial charge < -0.3 is 0 Å². The van der Waals surface area contributed by atoms with Crippen LogP contribution in [0.4, 0.5) is 0 Å². The van der Waals surface area contributed by atoms with Gasteiger partial charge in [0.1, 0.15) is 0 Å². The van der Waals surface area contributed by atoms with Crippen molar-refractivity contribution in [2.45, 2.75) is 39.2 Å². The molecule has 1 nitrogen and oxygen atoms in total. The maximum Gasteiger partial charge on any atom is 0.0178 e. The molecule has 0 N–H and O–H groups in total. The van der Waals surface area contributed by atoms with Crippen LogP contribution in [0.3, 0.4) is 0 Å². The van der Waals surface area contributed by atoms with Crippen LogP contribution in [0.15, 0.2) is 12.7 Å². The van der Waals surface area contributed by atoms with Crippen LogP contribution in [0, 0.1) is 11.3 Å². The molecule has 0 amide bonds. The fourth-order valence-electron chi connectivity index (χ4n) is 3.50.